The predicted molar refractivity (Wildman–Crippen MR) is 106 cm³/mol. The average Bonchev–Trinajstić information content (AvgIpc) is 2.93. The molecule has 0 aliphatic rings. The number of rotatable bonds is 8. The first-order valence-corrected chi connectivity index (χ1v) is 9.07. The summed E-state index contributed by atoms with van der Waals surface area (Å²) < 4.78 is 14.8. The van der Waals surface area contributed by atoms with Crippen LogP contribution in [0, 0.1) is 12.7 Å². The Hall–Kier alpha value is -3.19. The highest BCUT2D eigenvalue weighted by Crippen LogP contribution is 2.25. The van der Waals surface area contributed by atoms with Gasteiger partial charge in [0.25, 0.3) is 5.91 Å². The number of benzene rings is 2. The van der Waals surface area contributed by atoms with Crippen LogP contribution in [0.25, 0.3) is 10.9 Å². The van der Waals surface area contributed by atoms with Crippen LogP contribution >= 0.6 is 0 Å². The minimum absolute atomic E-state index is 0.139. The molecule has 0 radical (unpaired) electrons. The summed E-state index contributed by atoms with van der Waals surface area (Å²) in [6, 6.07) is 13.3. The van der Waals surface area contributed by atoms with Crippen LogP contribution in [0.15, 0.2) is 48.5 Å². The number of primary amides is 1. The van der Waals surface area contributed by atoms with Gasteiger partial charge in [0.2, 0.25) is 5.91 Å². The van der Waals surface area contributed by atoms with E-state index in [9.17, 15) is 14.0 Å². The molecule has 6 nitrogen and oxygen atoms in total. The maximum Gasteiger partial charge on any atom is 0.251 e. The van der Waals surface area contributed by atoms with Crippen molar-refractivity contribution >= 4 is 22.7 Å². The summed E-state index contributed by atoms with van der Waals surface area (Å²) in [6.45, 7) is 3.72. The lowest BCUT2D eigenvalue weighted by molar-refractivity contribution is -0.118. The van der Waals surface area contributed by atoms with Gasteiger partial charge in [0.15, 0.2) is 0 Å². The number of fused-ring (bicyclic) bond motifs is 1. The first kappa shape index (κ1) is 19.6. The summed E-state index contributed by atoms with van der Waals surface area (Å²) >= 11 is 0. The molecule has 3 aromatic rings. The highest BCUT2D eigenvalue weighted by Gasteiger charge is 2.14. The van der Waals surface area contributed by atoms with Crippen LogP contribution < -0.4 is 16.4 Å². The Morgan fingerprint density at radius 3 is 2.50 bits per heavy atom. The number of nitrogens with two attached hydrogens (primary N) is 1. The van der Waals surface area contributed by atoms with Crippen molar-refractivity contribution in [1.29, 1.82) is 0 Å². The molecular weight excluding hydrogens is 359 g/mol. The number of para-hydroxylation sites is 1. The maximum absolute atomic E-state index is 12.9. The molecule has 0 spiro atoms. The predicted octanol–water partition coefficient (Wildman–Crippen LogP) is 2.09. The van der Waals surface area contributed by atoms with E-state index in [1.54, 1.807) is 0 Å². The molecule has 1 heterocycles. The average molecular weight is 382 g/mol. The Morgan fingerprint density at radius 2 is 1.79 bits per heavy atom. The summed E-state index contributed by atoms with van der Waals surface area (Å²) in [6.07, 6.45) is 0. The number of aromatic nitrogens is 1. The van der Waals surface area contributed by atoms with Gasteiger partial charge in [-0.25, -0.2) is 4.39 Å². The summed E-state index contributed by atoms with van der Waals surface area (Å²) in [4.78, 5) is 23.4. The van der Waals surface area contributed by atoms with Crippen molar-refractivity contribution < 1.29 is 14.0 Å². The number of carbonyl (C=O) groups excluding carboxylic acids is 2. The van der Waals surface area contributed by atoms with Crippen LogP contribution in [0.3, 0.4) is 0 Å². The quantitative estimate of drug-likeness (QED) is 0.521. The normalized spacial score (nSPS) is 10.9. The number of hydrogen-bond donors (Lipinski definition) is 3. The van der Waals surface area contributed by atoms with Crippen molar-refractivity contribution in [3.63, 3.8) is 0 Å². The molecule has 3 rings (SSSR count). The highest BCUT2D eigenvalue weighted by molar-refractivity contribution is 5.94. The zero-order valence-corrected chi connectivity index (χ0v) is 15.7. The Kier molecular flexibility index (Phi) is 6.06. The van der Waals surface area contributed by atoms with Gasteiger partial charge in [0.1, 0.15) is 12.4 Å². The van der Waals surface area contributed by atoms with Gasteiger partial charge in [0.05, 0.1) is 0 Å². The van der Waals surface area contributed by atoms with Gasteiger partial charge in [0, 0.05) is 41.8 Å². The Labute approximate surface area is 162 Å². The third-order valence-corrected chi connectivity index (χ3v) is 4.67. The minimum atomic E-state index is -0.383. The smallest absolute Gasteiger partial charge is 0.251 e. The fourth-order valence-corrected chi connectivity index (χ4v) is 3.27. The van der Waals surface area contributed by atoms with Crippen molar-refractivity contribution in [2.75, 3.05) is 13.1 Å². The fraction of sp³-hybridized carbons (Fsp3) is 0.238. The molecule has 0 saturated carbocycles. The second-order valence-corrected chi connectivity index (χ2v) is 6.57. The first-order valence-electron chi connectivity index (χ1n) is 9.07. The number of amides is 2. The Bertz CT molecular complexity index is 996. The van der Waals surface area contributed by atoms with Crippen molar-refractivity contribution in [1.82, 2.24) is 15.2 Å². The Morgan fingerprint density at radius 1 is 1.07 bits per heavy atom. The molecule has 2 amide bonds. The molecule has 28 heavy (non-hydrogen) atoms. The molecule has 0 aliphatic carbocycles. The second kappa shape index (κ2) is 8.67. The second-order valence-electron chi connectivity index (χ2n) is 6.57. The number of carbonyl (C=O) groups is 2. The van der Waals surface area contributed by atoms with Crippen molar-refractivity contribution in [2.45, 2.75) is 20.0 Å². The van der Waals surface area contributed by atoms with E-state index in [0.29, 0.717) is 25.2 Å². The SMILES string of the molecule is Cc1c(CNCCNC(=O)c2ccc(F)cc2)c2ccccc2n1CC(N)=O. The van der Waals surface area contributed by atoms with E-state index in [0.717, 1.165) is 22.2 Å². The third kappa shape index (κ3) is 4.37. The highest BCUT2D eigenvalue weighted by atomic mass is 19.1. The summed E-state index contributed by atoms with van der Waals surface area (Å²) in [5, 5.41) is 7.18. The minimum Gasteiger partial charge on any atom is -0.368 e. The van der Waals surface area contributed by atoms with E-state index < -0.39 is 0 Å². The van der Waals surface area contributed by atoms with E-state index in [4.69, 9.17) is 5.73 Å². The summed E-state index contributed by atoms with van der Waals surface area (Å²) in [7, 11) is 0. The van der Waals surface area contributed by atoms with Gasteiger partial charge >= 0.3 is 0 Å². The van der Waals surface area contributed by atoms with Crippen molar-refractivity contribution in [3.8, 4) is 0 Å². The standard InChI is InChI=1S/C21H23FN4O2/c1-14-18(17-4-2-3-5-19(17)26(14)13-20(23)27)12-24-10-11-25-21(28)15-6-8-16(22)9-7-15/h2-9,24H,10-13H2,1H3,(H2,23,27)(H,25,28). The molecule has 0 unspecified atom stereocenters. The number of hydrogen-bond acceptors (Lipinski definition) is 3. The molecule has 4 N–H and O–H groups in total. The van der Waals surface area contributed by atoms with Crippen molar-refractivity contribution in [3.05, 3.63) is 71.2 Å². The fourth-order valence-electron chi connectivity index (χ4n) is 3.27. The summed E-state index contributed by atoms with van der Waals surface area (Å²) in [5.41, 5.74) is 8.86. The zero-order valence-electron chi connectivity index (χ0n) is 15.7. The van der Waals surface area contributed by atoms with E-state index >= 15 is 0 Å². The topological polar surface area (TPSA) is 89.2 Å². The molecule has 0 fully saturated rings. The van der Waals surface area contributed by atoms with E-state index in [1.165, 1.54) is 24.3 Å². The molecule has 7 heteroatoms. The van der Waals surface area contributed by atoms with Gasteiger partial charge in [-0.05, 0) is 42.8 Å². The van der Waals surface area contributed by atoms with E-state index in [1.807, 2.05) is 35.8 Å². The van der Waals surface area contributed by atoms with Crippen LogP contribution in [-0.4, -0.2) is 29.5 Å². The van der Waals surface area contributed by atoms with Crippen LogP contribution in [0.2, 0.25) is 0 Å². The molecule has 0 saturated heterocycles. The van der Waals surface area contributed by atoms with Gasteiger partial charge in [-0.2, -0.15) is 0 Å². The molecule has 0 atom stereocenters. The van der Waals surface area contributed by atoms with Crippen molar-refractivity contribution in [2.24, 2.45) is 5.73 Å². The molecule has 146 valence electrons. The summed E-state index contributed by atoms with van der Waals surface area (Å²) in [5.74, 6) is -0.994. The van der Waals surface area contributed by atoms with Gasteiger partial charge in [-0.3, -0.25) is 9.59 Å². The largest absolute Gasteiger partial charge is 0.368 e. The number of nitrogens with zero attached hydrogens (tertiary/aromatic N) is 1. The Balaban J connectivity index is 1.58. The number of nitrogens with one attached hydrogen (secondary N) is 2. The maximum atomic E-state index is 12.9. The molecule has 0 bridgehead atoms. The zero-order chi connectivity index (χ0) is 20.1. The van der Waals surface area contributed by atoms with Gasteiger partial charge < -0.3 is 20.9 Å². The van der Waals surface area contributed by atoms with E-state index in [-0.39, 0.29) is 24.2 Å². The third-order valence-electron chi connectivity index (χ3n) is 4.67. The van der Waals surface area contributed by atoms with Crippen LogP contribution in [0.1, 0.15) is 21.6 Å². The molecule has 2 aromatic carbocycles. The molecular formula is C21H23FN4O2. The van der Waals surface area contributed by atoms with Gasteiger partial charge in [-0.15, -0.1) is 0 Å². The van der Waals surface area contributed by atoms with E-state index in [2.05, 4.69) is 10.6 Å². The lowest BCUT2D eigenvalue weighted by atomic mass is 10.1. The molecule has 0 aliphatic heterocycles. The monoisotopic (exact) mass is 382 g/mol. The van der Waals surface area contributed by atoms with Crippen LogP contribution in [-0.2, 0) is 17.9 Å². The first-order chi connectivity index (χ1) is 13.5. The lowest BCUT2D eigenvalue weighted by Gasteiger charge is -2.08. The lowest BCUT2D eigenvalue weighted by Crippen LogP contribution is -2.31. The van der Waals surface area contributed by atoms with Gasteiger partial charge in [-0.1, -0.05) is 18.2 Å². The van der Waals surface area contributed by atoms with Crippen LogP contribution in [0.4, 0.5) is 4.39 Å². The molecule has 1 aromatic heterocycles. The number of halogens is 1. The van der Waals surface area contributed by atoms with Crippen LogP contribution in [0.5, 0.6) is 0 Å².